The molecule has 2 heterocycles. The van der Waals surface area contributed by atoms with Crippen molar-refractivity contribution in [3.05, 3.63) is 34.7 Å². The minimum Gasteiger partial charge on any atom is -0.497 e. The molecule has 22 heavy (non-hydrogen) atoms. The summed E-state index contributed by atoms with van der Waals surface area (Å²) in [6, 6.07) is 5.54. The monoisotopic (exact) mass is 302 g/mol. The molecule has 1 aromatic carbocycles. The van der Waals surface area contributed by atoms with E-state index >= 15 is 0 Å². The van der Waals surface area contributed by atoms with Crippen LogP contribution in [0, 0.1) is 5.92 Å². The Morgan fingerprint density at radius 1 is 1.27 bits per heavy atom. The van der Waals surface area contributed by atoms with Crippen LogP contribution in [0.5, 0.6) is 11.5 Å². The van der Waals surface area contributed by atoms with Gasteiger partial charge in [-0.3, -0.25) is 4.79 Å². The molecule has 118 valence electrons. The van der Waals surface area contributed by atoms with E-state index < -0.39 is 0 Å². The van der Waals surface area contributed by atoms with Crippen LogP contribution in [0.1, 0.15) is 12.8 Å². The molecule has 1 aliphatic rings. The highest BCUT2D eigenvalue weighted by molar-refractivity contribution is 5.89. The first kappa shape index (κ1) is 14.9. The number of hydrogen-bond acceptors (Lipinski definition) is 4. The van der Waals surface area contributed by atoms with Gasteiger partial charge in [-0.1, -0.05) is 0 Å². The van der Waals surface area contributed by atoms with Crippen molar-refractivity contribution in [3.8, 4) is 11.5 Å². The van der Waals surface area contributed by atoms with E-state index in [-0.39, 0.29) is 5.56 Å². The van der Waals surface area contributed by atoms with Crippen LogP contribution in [0.25, 0.3) is 10.8 Å². The van der Waals surface area contributed by atoms with Crippen LogP contribution in [0.3, 0.4) is 0 Å². The summed E-state index contributed by atoms with van der Waals surface area (Å²) in [7, 11) is 3.20. The van der Waals surface area contributed by atoms with E-state index in [4.69, 9.17) is 9.47 Å². The minimum atomic E-state index is 0.0141. The molecule has 2 aromatic rings. The molecule has 0 saturated carbocycles. The molecule has 1 fully saturated rings. The van der Waals surface area contributed by atoms with E-state index in [1.807, 2.05) is 12.3 Å². The number of rotatable bonds is 4. The first-order chi connectivity index (χ1) is 10.7. The Balaban J connectivity index is 2.02. The molecule has 1 unspecified atom stereocenters. The predicted molar refractivity (Wildman–Crippen MR) is 86.9 cm³/mol. The molecule has 1 N–H and O–H groups in total. The van der Waals surface area contributed by atoms with Crippen LogP contribution < -0.4 is 20.3 Å². The number of benzene rings is 1. The summed E-state index contributed by atoms with van der Waals surface area (Å²) in [6.45, 7) is 2.81. The molecule has 1 aliphatic heterocycles. The molecule has 1 atom stereocenters. The Bertz CT molecular complexity index is 718. The Labute approximate surface area is 129 Å². The van der Waals surface area contributed by atoms with Gasteiger partial charge < -0.3 is 19.4 Å². The van der Waals surface area contributed by atoms with E-state index in [2.05, 4.69) is 5.32 Å². The van der Waals surface area contributed by atoms with Gasteiger partial charge in [0, 0.05) is 24.2 Å². The van der Waals surface area contributed by atoms with E-state index in [1.54, 1.807) is 30.9 Å². The smallest absolute Gasteiger partial charge is 0.258 e. The van der Waals surface area contributed by atoms with E-state index in [0.29, 0.717) is 22.8 Å². The average molecular weight is 302 g/mol. The quantitative estimate of drug-likeness (QED) is 0.939. The Hall–Kier alpha value is -2.01. The molecule has 3 rings (SSSR count). The highest BCUT2D eigenvalue weighted by Crippen LogP contribution is 2.29. The second-order valence-electron chi connectivity index (χ2n) is 5.78. The fraction of sp³-hybridized carbons (Fsp3) is 0.471. The van der Waals surface area contributed by atoms with Gasteiger partial charge in [-0.05, 0) is 44.0 Å². The van der Waals surface area contributed by atoms with E-state index in [1.165, 1.54) is 12.8 Å². The van der Waals surface area contributed by atoms with E-state index in [0.717, 1.165) is 25.0 Å². The normalized spacial score (nSPS) is 18.4. The first-order valence-corrected chi connectivity index (χ1v) is 7.69. The second-order valence-corrected chi connectivity index (χ2v) is 5.78. The van der Waals surface area contributed by atoms with Crippen molar-refractivity contribution in [2.24, 2.45) is 5.92 Å². The van der Waals surface area contributed by atoms with Crippen molar-refractivity contribution >= 4 is 10.8 Å². The number of fused-ring (bicyclic) bond motifs is 1. The topological polar surface area (TPSA) is 52.5 Å². The molecule has 0 bridgehead atoms. The van der Waals surface area contributed by atoms with Gasteiger partial charge in [0.15, 0.2) is 0 Å². The third kappa shape index (κ3) is 2.81. The minimum absolute atomic E-state index is 0.0141. The number of hydrogen-bond donors (Lipinski definition) is 1. The molecule has 5 nitrogen and oxygen atoms in total. The van der Waals surface area contributed by atoms with Crippen molar-refractivity contribution in [3.63, 3.8) is 0 Å². The van der Waals surface area contributed by atoms with Crippen molar-refractivity contribution in [1.82, 2.24) is 9.88 Å². The van der Waals surface area contributed by atoms with Gasteiger partial charge in [-0.15, -0.1) is 0 Å². The van der Waals surface area contributed by atoms with Crippen molar-refractivity contribution in [2.75, 3.05) is 27.3 Å². The molecule has 0 amide bonds. The molecule has 5 heteroatoms. The third-order valence-corrected chi connectivity index (χ3v) is 4.34. The van der Waals surface area contributed by atoms with Gasteiger partial charge in [0.1, 0.15) is 11.5 Å². The number of ether oxygens (including phenoxy) is 2. The molecular formula is C17H22N2O3. The molecule has 1 aromatic heterocycles. The van der Waals surface area contributed by atoms with Crippen LogP contribution in [0.4, 0.5) is 0 Å². The Morgan fingerprint density at radius 2 is 2.14 bits per heavy atom. The Morgan fingerprint density at radius 3 is 2.82 bits per heavy atom. The first-order valence-electron chi connectivity index (χ1n) is 7.69. The van der Waals surface area contributed by atoms with Gasteiger partial charge in [-0.25, -0.2) is 0 Å². The lowest BCUT2D eigenvalue weighted by molar-refractivity contribution is 0.334. The van der Waals surface area contributed by atoms with Crippen molar-refractivity contribution < 1.29 is 9.47 Å². The molecule has 0 spiro atoms. The number of methoxy groups -OCH3 is 2. The summed E-state index contributed by atoms with van der Waals surface area (Å²) in [5.41, 5.74) is 0.0141. The molecule has 1 saturated heterocycles. The third-order valence-electron chi connectivity index (χ3n) is 4.34. The predicted octanol–water partition coefficient (Wildman–Crippen LogP) is 2.02. The number of nitrogens with one attached hydrogen (secondary N) is 1. The summed E-state index contributed by atoms with van der Waals surface area (Å²) in [4.78, 5) is 12.8. The van der Waals surface area contributed by atoms with E-state index in [9.17, 15) is 4.79 Å². The van der Waals surface area contributed by atoms with Gasteiger partial charge >= 0.3 is 0 Å². The number of aromatic nitrogens is 1. The standard InChI is InChI=1S/C17H22N2O3/c1-21-13-8-15-14(16(9-13)22-2)5-7-19(17(15)20)11-12-4-3-6-18-10-12/h5,7-9,12,18H,3-4,6,10-11H2,1-2H3. The summed E-state index contributed by atoms with van der Waals surface area (Å²) in [6.07, 6.45) is 4.21. The zero-order valence-corrected chi connectivity index (χ0v) is 13.1. The van der Waals surface area contributed by atoms with Gasteiger partial charge in [-0.2, -0.15) is 0 Å². The maximum Gasteiger partial charge on any atom is 0.258 e. The maximum atomic E-state index is 12.8. The largest absolute Gasteiger partial charge is 0.497 e. The van der Waals surface area contributed by atoms with Gasteiger partial charge in [0.05, 0.1) is 19.6 Å². The fourth-order valence-electron chi connectivity index (χ4n) is 3.13. The van der Waals surface area contributed by atoms with Crippen molar-refractivity contribution in [1.29, 1.82) is 0 Å². The van der Waals surface area contributed by atoms with Gasteiger partial charge in [0.2, 0.25) is 0 Å². The lowest BCUT2D eigenvalue weighted by atomic mass is 9.99. The summed E-state index contributed by atoms with van der Waals surface area (Å²) in [5, 5.41) is 4.86. The number of piperidine rings is 1. The summed E-state index contributed by atoms with van der Waals surface area (Å²) < 4.78 is 12.5. The van der Waals surface area contributed by atoms with Crippen molar-refractivity contribution in [2.45, 2.75) is 19.4 Å². The van der Waals surface area contributed by atoms with Crippen LogP contribution >= 0.6 is 0 Å². The van der Waals surface area contributed by atoms with Crippen LogP contribution in [0.15, 0.2) is 29.2 Å². The lowest BCUT2D eigenvalue weighted by Crippen LogP contribution is -2.34. The fourth-order valence-corrected chi connectivity index (χ4v) is 3.13. The summed E-state index contributed by atoms with van der Waals surface area (Å²) >= 11 is 0. The van der Waals surface area contributed by atoms with Crippen LogP contribution in [0.2, 0.25) is 0 Å². The number of pyridine rings is 1. The van der Waals surface area contributed by atoms with Crippen LogP contribution in [-0.4, -0.2) is 31.9 Å². The zero-order valence-electron chi connectivity index (χ0n) is 13.1. The SMILES string of the molecule is COc1cc(OC)c2ccn(CC3CCCNC3)c(=O)c2c1. The highest BCUT2D eigenvalue weighted by Gasteiger charge is 2.16. The Kier molecular flexibility index (Phi) is 4.34. The second kappa shape index (κ2) is 6.40. The van der Waals surface area contributed by atoms with Gasteiger partial charge in [0.25, 0.3) is 5.56 Å². The maximum absolute atomic E-state index is 12.8. The lowest BCUT2D eigenvalue weighted by Gasteiger charge is -2.23. The molecular weight excluding hydrogens is 280 g/mol. The molecule has 0 radical (unpaired) electrons. The molecule has 0 aliphatic carbocycles. The number of nitrogens with zero attached hydrogens (tertiary/aromatic N) is 1. The highest BCUT2D eigenvalue weighted by atomic mass is 16.5. The zero-order chi connectivity index (χ0) is 15.5. The average Bonchev–Trinajstić information content (AvgIpc) is 2.57. The van der Waals surface area contributed by atoms with Crippen LogP contribution in [-0.2, 0) is 6.54 Å². The summed E-state index contributed by atoms with van der Waals surface area (Å²) in [5.74, 6) is 1.81.